The van der Waals surface area contributed by atoms with Gasteiger partial charge >= 0.3 is 0 Å². The number of hydrogen-bond donors (Lipinski definition) is 0. The third-order valence-corrected chi connectivity index (χ3v) is 4.29. The number of nitrogens with zero attached hydrogens (tertiary/aromatic N) is 1. The summed E-state index contributed by atoms with van der Waals surface area (Å²) in [7, 11) is 0. The van der Waals surface area contributed by atoms with Crippen molar-refractivity contribution in [2.45, 2.75) is 19.8 Å². The summed E-state index contributed by atoms with van der Waals surface area (Å²) in [5.41, 5.74) is 0.196. The van der Waals surface area contributed by atoms with Gasteiger partial charge in [0, 0.05) is 22.9 Å². The van der Waals surface area contributed by atoms with Crippen molar-refractivity contribution in [1.29, 1.82) is 0 Å². The predicted octanol–water partition coefficient (Wildman–Crippen LogP) is 7.02. The monoisotopic (exact) mass is 407 g/mol. The van der Waals surface area contributed by atoms with Gasteiger partial charge in [-0.3, -0.25) is 4.98 Å². The number of benzene rings is 2. The van der Waals surface area contributed by atoms with Gasteiger partial charge in [-0.25, -0.2) is 26.3 Å². The highest BCUT2D eigenvalue weighted by atomic mass is 19.2. The lowest BCUT2D eigenvalue weighted by atomic mass is 10.0. The second kappa shape index (κ2) is 8.51. The van der Waals surface area contributed by atoms with Crippen molar-refractivity contribution < 1.29 is 26.3 Å². The predicted molar refractivity (Wildman–Crippen MR) is 99.0 cm³/mol. The summed E-state index contributed by atoms with van der Waals surface area (Å²) < 4.78 is 82.6. The molecule has 0 spiro atoms. The van der Waals surface area contributed by atoms with Crippen LogP contribution in [0.4, 0.5) is 26.3 Å². The van der Waals surface area contributed by atoms with Gasteiger partial charge in [-0.05, 0) is 42.3 Å². The summed E-state index contributed by atoms with van der Waals surface area (Å²) in [6, 6.07) is 7.45. The molecule has 0 aliphatic carbocycles. The van der Waals surface area contributed by atoms with E-state index in [4.69, 9.17) is 0 Å². The van der Waals surface area contributed by atoms with Crippen LogP contribution in [-0.2, 0) is 6.42 Å². The third-order valence-electron chi connectivity index (χ3n) is 4.29. The van der Waals surface area contributed by atoms with Crippen LogP contribution in [-0.4, -0.2) is 4.98 Å². The molecule has 0 atom stereocenters. The minimum Gasteiger partial charge on any atom is -0.256 e. The highest BCUT2D eigenvalue weighted by molar-refractivity contribution is 5.84. The highest BCUT2D eigenvalue weighted by Crippen LogP contribution is 2.33. The van der Waals surface area contributed by atoms with Crippen LogP contribution in [0, 0.1) is 23.3 Å². The zero-order valence-electron chi connectivity index (χ0n) is 15.2. The molecular formula is C22H15F6N. The average Bonchev–Trinajstić information content (AvgIpc) is 2.71. The van der Waals surface area contributed by atoms with Crippen LogP contribution < -0.4 is 0 Å². The molecule has 0 bridgehead atoms. The van der Waals surface area contributed by atoms with E-state index in [0.29, 0.717) is 23.4 Å². The van der Waals surface area contributed by atoms with Gasteiger partial charge in [-0.15, -0.1) is 0 Å². The molecule has 150 valence electrons. The number of rotatable bonds is 5. The van der Waals surface area contributed by atoms with Crippen molar-refractivity contribution in [1.82, 2.24) is 4.98 Å². The normalized spacial score (nSPS) is 12.1. The van der Waals surface area contributed by atoms with Gasteiger partial charge in [0.25, 0.3) is 0 Å². The van der Waals surface area contributed by atoms with E-state index < -0.39 is 46.0 Å². The Balaban J connectivity index is 1.96. The summed E-state index contributed by atoms with van der Waals surface area (Å²) in [5, 5.41) is 0. The summed E-state index contributed by atoms with van der Waals surface area (Å²) in [5.74, 6) is -9.64. The second-order valence-electron chi connectivity index (χ2n) is 6.38. The Labute approximate surface area is 163 Å². The zero-order chi connectivity index (χ0) is 21.1. The van der Waals surface area contributed by atoms with Crippen LogP contribution in [0.25, 0.3) is 22.9 Å². The summed E-state index contributed by atoms with van der Waals surface area (Å²) >= 11 is 0. The van der Waals surface area contributed by atoms with Crippen LogP contribution in [0.5, 0.6) is 0 Å². The van der Waals surface area contributed by atoms with E-state index in [1.54, 1.807) is 12.3 Å². The van der Waals surface area contributed by atoms with Crippen LogP contribution in [0.1, 0.15) is 30.0 Å². The van der Waals surface area contributed by atoms with Gasteiger partial charge in [-0.1, -0.05) is 25.5 Å². The van der Waals surface area contributed by atoms with Crippen molar-refractivity contribution in [2.75, 3.05) is 0 Å². The Hall–Kier alpha value is -3.09. The summed E-state index contributed by atoms with van der Waals surface area (Å²) in [4.78, 5) is 4.23. The topological polar surface area (TPSA) is 12.9 Å². The van der Waals surface area contributed by atoms with E-state index in [2.05, 4.69) is 4.98 Å². The Morgan fingerprint density at radius 3 is 2.07 bits per heavy atom. The fraction of sp³-hybridized carbons (Fsp3) is 0.136. The molecule has 29 heavy (non-hydrogen) atoms. The van der Waals surface area contributed by atoms with Crippen LogP contribution in [0.15, 0.2) is 48.7 Å². The van der Waals surface area contributed by atoms with Gasteiger partial charge in [0.1, 0.15) is 5.82 Å². The Morgan fingerprint density at radius 2 is 1.52 bits per heavy atom. The summed E-state index contributed by atoms with van der Waals surface area (Å²) in [6.07, 6.45) is 3.45. The number of hydrogen-bond acceptors (Lipinski definition) is 1. The van der Waals surface area contributed by atoms with Gasteiger partial charge in [0.05, 0.1) is 5.69 Å². The molecule has 0 radical (unpaired) electrons. The molecule has 7 heteroatoms. The van der Waals surface area contributed by atoms with Crippen LogP contribution in [0.2, 0.25) is 0 Å². The van der Waals surface area contributed by atoms with Crippen molar-refractivity contribution >= 4 is 11.7 Å². The SMILES string of the molecule is CCCc1ccc(-c2ccc(/C(F)=C(\F)c3cc(F)c(F)c(F)c3)c(F)c2)nc1. The average molecular weight is 407 g/mol. The maximum absolute atomic E-state index is 14.4. The minimum atomic E-state index is -1.81. The molecule has 0 aliphatic heterocycles. The van der Waals surface area contributed by atoms with E-state index >= 15 is 0 Å². The lowest BCUT2D eigenvalue weighted by Crippen LogP contribution is -1.95. The maximum Gasteiger partial charge on any atom is 0.194 e. The number of aryl methyl sites for hydroxylation is 1. The first-order chi connectivity index (χ1) is 13.8. The summed E-state index contributed by atoms with van der Waals surface area (Å²) in [6.45, 7) is 2.03. The Bertz CT molecular complexity index is 1050. The minimum absolute atomic E-state index is 0.293. The molecule has 0 aliphatic rings. The van der Waals surface area contributed by atoms with Crippen molar-refractivity contribution in [3.05, 3.63) is 88.6 Å². The largest absolute Gasteiger partial charge is 0.256 e. The molecule has 0 saturated heterocycles. The molecule has 1 heterocycles. The van der Waals surface area contributed by atoms with Gasteiger partial charge in [-0.2, -0.15) is 0 Å². The molecule has 0 fully saturated rings. The number of aromatic nitrogens is 1. The van der Waals surface area contributed by atoms with E-state index in [-0.39, 0.29) is 0 Å². The lowest BCUT2D eigenvalue weighted by molar-refractivity contribution is 0.446. The quantitative estimate of drug-likeness (QED) is 0.252. The molecule has 0 amide bonds. The zero-order valence-corrected chi connectivity index (χ0v) is 15.2. The van der Waals surface area contributed by atoms with Crippen molar-refractivity contribution in [3.8, 4) is 11.3 Å². The van der Waals surface area contributed by atoms with Crippen molar-refractivity contribution in [3.63, 3.8) is 0 Å². The molecule has 0 unspecified atom stereocenters. The second-order valence-corrected chi connectivity index (χ2v) is 6.38. The molecule has 0 saturated carbocycles. The molecule has 1 aromatic heterocycles. The molecule has 1 nitrogen and oxygen atoms in total. The Morgan fingerprint density at radius 1 is 0.828 bits per heavy atom. The first-order valence-electron chi connectivity index (χ1n) is 8.77. The standard InChI is InChI=1S/C22H15F6N/c1-2-3-12-4-7-19(29-11-12)13-5-6-15(16(23)8-13)21(27)20(26)14-9-17(24)22(28)18(25)10-14/h4-11H,2-3H2,1H3/b21-20+. The highest BCUT2D eigenvalue weighted by Gasteiger charge is 2.19. The third kappa shape index (κ3) is 4.34. The Kier molecular flexibility index (Phi) is 6.06. The van der Waals surface area contributed by atoms with Gasteiger partial charge < -0.3 is 0 Å². The number of pyridine rings is 1. The van der Waals surface area contributed by atoms with Gasteiger partial charge in [0.15, 0.2) is 29.1 Å². The number of halogens is 6. The first-order valence-corrected chi connectivity index (χ1v) is 8.77. The molecule has 3 rings (SSSR count). The van der Waals surface area contributed by atoms with Crippen molar-refractivity contribution in [2.24, 2.45) is 0 Å². The smallest absolute Gasteiger partial charge is 0.194 e. The molecule has 3 aromatic rings. The lowest BCUT2D eigenvalue weighted by Gasteiger charge is -2.07. The van der Waals surface area contributed by atoms with Crippen LogP contribution in [0.3, 0.4) is 0 Å². The first kappa shape index (κ1) is 20.6. The fourth-order valence-corrected chi connectivity index (χ4v) is 2.81. The molecular weight excluding hydrogens is 392 g/mol. The maximum atomic E-state index is 14.4. The molecule has 2 aromatic carbocycles. The fourth-order valence-electron chi connectivity index (χ4n) is 2.81. The van der Waals surface area contributed by atoms with E-state index in [1.807, 2.05) is 13.0 Å². The van der Waals surface area contributed by atoms with Gasteiger partial charge in [0.2, 0.25) is 0 Å². The van der Waals surface area contributed by atoms with E-state index in [0.717, 1.165) is 30.5 Å². The van der Waals surface area contributed by atoms with E-state index in [1.165, 1.54) is 6.07 Å². The van der Waals surface area contributed by atoms with Crippen LogP contribution >= 0.6 is 0 Å². The van der Waals surface area contributed by atoms with E-state index in [9.17, 15) is 26.3 Å². The molecule has 0 N–H and O–H groups in total.